The van der Waals surface area contributed by atoms with Gasteiger partial charge in [0, 0.05) is 12.1 Å². The summed E-state index contributed by atoms with van der Waals surface area (Å²) in [6, 6.07) is 6.18. The molecule has 0 aromatic heterocycles. The molecule has 0 spiro atoms. The minimum absolute atomic E-state index is 0.0172. The second kappa shape index (κ2) is 3.34. The summed E-state index contributed by atoms with van der Waals surface area (Å²) in [7, 11) is 0. The zero-order valence-electron chi connectivity index (χ0n) is 7.79. The van der Waals surface area contributed by atoms with Gasteiger partial charge in [0.25, 0.3) is 5.69 Å². The first-order valence-corrected chi connectivity index (χ1v) is 4.57. The molecular weight excluding hydrogens is 198 g/mol. The molecule has 0 amide bonds. The molecule has 1 aliphatic rings. The van der Waals surface area contributed by atoms with Crippen LogP contribution in [0.1, 0.15) is 17.9 Å². The lowest BCUT2D eigenvalue weighted by Gasteiger charge is -1.97. The van der Waals surface area contributed by atoms with Crippen LogP contribution in [-0.4, -0.2) is 16.0 Å². The molecule has 1 fully saturated rings. The quantitative estimate of drug-likeness (QED) is 0.605. The van der Waals surface area contributed by atoms with E-state index in [-0.39, 0.29) is 17.5 Å². The maximum absolute atomic E-state index is 10.6. The van der Waals surface area contributed by atoms with Crippen molar-refractivity contribution >= 4 is 11.7 Å². The monoisotopic (exact) mass is 207 g/mol. The van der Waals surface area contributed by atoms with Crippen LogP contribution in [0.3, 0.4) is 0 Å². The Balaban J connectivity index is 2.20. The molecule has 2 unspecified atom stereocenters. The molecule has 1 saturated carbocycles. The number of hydrogen-bond donors (Lipinski definition) is 1. The van der Waals surface area contributed by atoms with Crippen LogP contribution in [-0.2, 0) is 4.79 Å². The number of hydrogen-bond acceptors (Lipinski definition) is 3. The highest BCUT2D eigenvalue weighted by molar-refractivity contribution is 5.75. The Morgan fingerprint density at radius 3 is 2.80 bits per heavy atom. The molecule has 0 heterocycles. The molecule has 1 aromatic carbocycles. The van der Waals surface area contributed by atoms with Crippen molar-refractivity contribution in [3.8, 4) is 0 Å². The molecule has 1 N–H and O–H groups in total. The maximum atomic E-state index is 10.6. The highest BCUT2D eigenvalue weighted by Crippen LogP contribution is 2.47. The standard InChI is InChI=1S/C10H9NO4/c12-10(13)9-5-8(9)6-2-1-3-7(4-6)11(14)15/h1-4,8-9H,5H2,(H,12,13). The lowest BCUT2D eigenvalue weighted by Crippen LogP contribution is -1.99. The molecule has 15 heavy (non-hydrogen) atoms. The third-order valence-electron chi connectivity index (χ3n) is 2.62. The van der Waals surface area contributed by atoms with E-state index in [2.05, 4.69) is 0 Å². The predicted molar refractivity (Wildman–Crippen MR) is 51.6 cm³/mol. The number of aliphatic carboxylic acids is 1. The van der Waals surface area contributed by atoms with Crippen molar-refractivity contribution in [2.45, 2.75) is 12.3 Å². The van der Waals surface area contributed by atoms with E-state index < -0.39 is 10.9 Å². The average Bonchev–Trinajstić information content (AvgIpc) is 2.97. The zero-order chi connectivity index (χ0) is 11.0. The minimum atomic E-state index is -0.827. The largest absolute Gasteiger partial charge is 0.481 e. The molecule has 0 saturated heterocycles. The average molecular weight is 207 g/mol. The Kier molecular flexibility index (Phi) is 2.15. The first kappa shape index (κ1) is 9.64. The predicted octanol–water partition coefficient (Wildman–Crippen LogP) is 1.78. The smallest absolute Gasteiger partial charge is 0.307 e. The SMILES string of the molecule is O=C(O)C1CC1c1cccc([N+](=O)[O-])c1. The van der Waals surface area contributed by atoms with E-state index in [1.165, 1.54) is 12.1 Å². The van der Waals surface area contributed by atoms with Crippen molar-refractivity contribution in [2.75, 3.05) is 0 Å². The summed E-state index contributed by atoms with van der Waals surface area (Å²) in [6.45, 7) is 0. The molecule has 0 radical (unpaired) electrons. The highest BCUT2D eigenvalue weighted by atomic mass is 16.6. The van der Waals surface area contributed by atoms with Crippen LogP contribution in [0.25, 0.3) is 0 Å². The van der Waals surface area contributed by atoms with E-state index in [0.29, 0.717) is 6.42 Å². The van der Waals surface area contributed by atoms with E-state index >= 15 is 0 Å². The molecule has 1 aliphatic carbocycles. The number of carboxylic acid groups (broad SMARTS) is 1. The number of rotatable bonds is 3. The van der Waals surface area contributed by atoms with Crippen LogP contribution >= 0.6 is 0 Å². The van der Waals surface area contributed by atoms with E-state index in [9.17, 15) is 14.9 Å². The van der Waals surface area contributed by atoms with Gasteiger partial charge in [-0.15, -0.1) is 0 Å². The van der Waals surface area contributed by atoms with Gasteiger partial charge in [-0.1, -0.05) is 12.1 Å². The number of nitro benzene ring substituents is 1. The number of carboxylic acids is 1. The van der Waals surface area contributed by atoms with Gasteiger partial charge in [-0.3, -0.25) is 14.9 Å². The highest BCUT2D eigenvalue weighted by Gasteiger charge is 2.44. The van der Waals surface area contributed by atoms with Crippen LogP contribution in [0.2, 0.25) is 0 Å². The topological polar surface area (TPSA) is 80.4 Å². The normalized spacial score (nSPS) is 23.5. The number of benzene rings is 1. The molecule has 1 aromatic rings. The van der Waals surface area contributed by atoms with Crippen molar-refractivity contribution in [1.82, 2.24) is 0 Å². The Labute approximate surface area is 85.5 Å². The van der Waals surface area contributed by atoms with E-state index in [1.54, 1.807) is 12.1 Å². The fourth-order valence-electron chi connectivity index (χ4n) is 1.71. The molecule has 2 rings (SSSR count). The Morgan fingerprint density at radius 2 is 2.27 bits per heavy atom. The Hall–Kier alpha value is -1.91. The summed E-state index contributed by atoms with van der Waals surface area (Å²) in [5, 5.41) is 19.2. The number of nitro groups is 1. The van der Waals surface area contributed by atoms with Crippen LogP contribution in [0.4, 0.5) is 5.69 Å². The van der Waals surface area contributed by atoms with Crippen molar-refractivity contribution in [2.24, 2.45) is 5.92 Å². The number of non-ortho nitro benzene ring substituents is 1. The van der Waals surface area contributed by atoms with Gasteiger partial charge in [0.2, 0.25) is 0 Å². The zero-order valence-corrected chi connectivity index (χ0v) is 7.79. The second-order valence-corrected chi connectivity index (χ2v) is 3.64. The van der Waals surface area contributed by atoms with Crippen LogP contribution in [0.5, 0.6) is 0 Å². The second-order valence-electron chi connectivity index (χ2n) is 3.64. The molecule has 78 valence electrons. The molecule has 5 heteroatoms. The maximum Gasteiger partial charge on any atom is 0.307 e. The van der Waals surface area contributed by atoms with Gasteiger partial charge in [0.15, 0.2) is 0 Å². The summed E-state index contributed by atoms with van der Waals surface area (Å²) < 4.78 is 0. The Morgan fingerprint density at radius 1 is 1.53 bits per heavy atom. The summed E-state index contributed by atoms with van der Waals surface area (Å²) in [4.78, 5) is 20.7. The van der Waals surface area contributed by atoms with Gasteiger partial charge in [-0.25, -0.2) is 0 Å². The Bertz CT molecular complexity index is 429. The van der Waals surface area contributed by atoms with Crippen LogP contribution < -0.4 is 0 Å². The molecule has 5 nitrogen and oxygen atoms in total. The van der Waals surface area contributed by atoms with E-state index in [1.807, 2.05) is 0 Å². The van der Waals surface area contributed by atoms with Gasteiger partial charge < -0.3 is 5.11 Å². The van der Waals surface area contributed by atoms with E-state index in [4.69, 9.17) is 5.11 Å². The van der Waals surface area contributed by atoms with Crippen molar-refractivity contribution in [3.63, 3.8) is 0 Å². The summed E-state index contributed by atoms with van der Waals surface area (Å²) in [5.74, 6) is -1.25. The number of carbonyl (C=O) groups is 1. The summed E-state index contributed by atoms with van der Waals surface area (Å²) in [6.07, 6.45) is 0.580. The van der Waals surface area contributed by atoms with Gasteiger partial charge in [0.05, 0.1) is 10.8 Å². The van der Waals surface area contributed by atoms with Crippen LogP contribution in [0.15, 0.2) is 24.3 Å². The van der Waals surface area contributed by atoms with Gasteiger partial charge >= 0.3 is 5.97 Å². The molecule has 0 aliphatic heterocycles. The van der Waals surface area contributed by atoms with Crippen molar-refractivity contribution in [3.05, 3.63) is 39.9 Å². The lowest BCUT2D eigenvalue weighted by molar-refractivity contribution is -0.384. The summed E-state index contributed by atoms with van der Waals surface area (Å²) >= 11 is 0. The molecule has 2 atom stereocenters. The fourth-order valence-corrected chi connectivity index (χ4v) is 1.71. The first-order chi connectivity index (χ1) is 7.09. The van der Waals surface area contributed by atoms with E-state index in [0.717, 1.165) is 5.56 Å². The fraction of sp³-hybridized carbons (Fsp3) is 0.300. The van der Waals surface area contributed by atoms with Gasteiger partial charge in [-0.2, -0.15) is 0 Å². The molecular formula is C10H9NO4. The minimum Gasteiger partial charge on any atom is -0.481 e. The van der Waals surface area contributed by atoms with Crippen molar-refractivity contribution < 1.29 is 14.8 Å². The molecule has 0 bridgehead atoms. The lowest BCUT2D eigenvalue weighted by atomic mass is 10.1. The third-order valence-corrected chi connectivity index (χ3v) is 2.62. The van der Waals surface area contributed by atoms with Crippen molar-refractivity contribution in [1.29, 1.82) is 0 Å². The number of nitrogens with zero attached hydrogens (tertiary/aromatic N) is 1. The van der Waals surface area contributed by atoms with Gasteiger partial charge in [0.1, 0.15) is 0 Å². The van der Waals surface area contributed by atoms with Gasteiger partial charge in [-0.05, 0) is 17.9 Å². The summed E-state index contributed by atoms with van der Waals surface area (Å²) in [5.41, 5.74) is 0.764. The van der Waals surface area contributed by atoms with Crippen LogP contribution in [0, 0.1) is 16.0 Å². The first-order valence-electron chi connectivity index (χ1n) is 4.57. The third kappa shape index (κ3) is 1.81.